The fourth-order valence-corrected chi connectivity index (χ4v) is 4.11. The Bertz CT molecular complexity index is 902. The molecule has 3 amide bonds. The lowest BCUT2D eigenvalue weighted by molar-refractivity contribution is -0.192. The van der Waals surface area contributed by atoms with E-state index in [1.165, 1.54) is 5.56 Å². The van der Waals surface area contributed by atoms with E-state index in [1.54, 1.807) is 19.0 Å². The summed E-state index contributed by atoms with van der Waals surface area (Å²) in [5, 5.41) is 10.2. The zero-order chi connectivity index (χ0) is 26.9. The van der Waals surface area contributed by atoms with Crippen LogP contribution in [0.4, 0.5) is 23.7 Å². The first kappa shape index (κ1) is 29.4. The van der Waals surface area contributed by atoms with Gasteiger partial charge in [-0.15, -0.1) is 0 Å². The molecule has 36 heavy (non-hydrogen) atoms. The number of anilines is 1. The predicted molar refractivity (Wildman–Crippen MR) is 128 cm³/mol. The van der Waals surface area contributed by atoms with Crippen molar-refractivity contribution in [1.82, 2.24) is 14.7 Å². The topological polar surface area (TPSA) is 102 Å². The molecule has 1 aromatic rings. The van der Waals surface area contributed by atoms with E-state index in [4.69, 9.17) is 14.6 Å². The fourth-order valence-electron chi connectivity index (χ4n) is 4.11. The number of hydrogen-bond acceptors (Lipinski definition) is 5. The average molecular weight is 517 g/mol. The number of rotatable bonds is 4. The standard InChI is InChI=1S/C22H34N4O3.C2HF3O2/c1-4-18-6-5-7-19(14-18)23-21(28)26-10-8-22(9-11-26)16-25(12-13-29-17-22)15-20(27)24(2)3;3-2(4,5)1(6)7/h5-7,14H,4,8-13,15-17H2,1-3H3,(H,23,28);(H,6,7). The van der Waals surface area contributed by atoms with E-state index in [0.717, 1.165) is 38.0 Å². The number of ether oxygens (including phenoxy) is 1. The molecular weight excluding hydrogens is 481 g/mol. The number of carboxylic acid groups (broad SMARTS) is 1. The van der Waals surface area contributed by atoms with Gasteiger partial charge in [-0.05, 0) is 37.0 Å². The van der Waals surface area contributed by atoms with E-state index in [9.17, 15) is 22.8 Å². The van der Waals surface area contributed by atoms with Gasteiger partial charge in [0.15, 0.2) is 0 Å². The third-order valence-electron chi connectivity index (χ3n) is 6.32. The van der Waals surface area contributed by atoms with Crippen LogP contribution < -0.4 is 5.32 Å². The number of hydrogen-bond donors (Lipinski definition) is 2. The molecule has 1 spiro atoms. The molecule has 0 unspecified atom stereocenters. The van der Waals surface area contributed by atoms with Crippen molar-refractivity contribution in [2.24, 2.45) is 5.41 Å². The van der Waals surface area contributed by atoms with E-state index in [1.807, 2.05) is 23.1 Å². The van der Waals surface area contributed by atoms with E-state index in [0.29, 0.717) is 32.8 Å². The van der Waals surface area contributed by atoms with Crippen LogP contribution in [0, 0.1) is 5.41 Å². The summed E-state index contributed by atoms with van der Waals surface area (Å²) in [5.74, 6) is -2.64. The van der Waals surface area contributed by atoms with E-state index < -0.39 is 12.1 Å². The third kappa shape index (κ3) is 8.98. The largest absolute Gasteiger partial charge is 0.490 e. The van der Waals surface area contributed by atoms with Gasteiger partial charge in [0.1, 0.15) is 0 Å². The van der Waals surface area contributed by atoms with Crippen LogP contribution >= 0.6 is 0 Å². The Morgan fingerprint density at radius 3 is 2.36 bits per heavy atom. The van der Waals surface area contributed by atoms with Crippen LogP contribution in [0.2, 0.25) is 0 Å². The van der Waals surface area contributed by atoms with Gasteiger partial charge in [0, 0.05) is 51.4 Å². The Hall–Kier alpha value is -2.86. The molecule has 3 rings (SSSR count). The maximum absolute atomic E-state index is 12.7. The zero-order valence-corrected chi connectivity index (χ0v) is 20.9. The number of likely N-dealkylation sites (tertiary alicyclic amines) is 1. The molecule has 0 saturated carbocycles. The van der Waals surface area contributed by atoms with Gasteiger partial charge in [-0.25, -0.2) is 9.59 Å². The SMILES string of the molecule is CCc1cccc(NC(=O)N2CCC3(CC2)COCCN(CC(=O)N(C)C)C3)c1.O=C(O)C(F)(F)F. The molecule has 0 aliphatic carbocycles. The molecule has 202 valence electrons. The van der Waals surface area contributed by atoms with Gasteiger partial charge < -0.3 is 25.0 Å². The average Bonchev–Trinajstić information content (AvgIpc) is 3.01. The molecule has 0 aromatic heterocycles. The summed E-state index contributed by atoms with van der Waals surface area (Å²) >= 11 is 0. The molecule has 2 saturated heterocycles. The molecular formula is C24H35F3N4O5. The second-order valence-corrected chi connectivity index (χ2v) is 9.33. The quantitative estimate of drug-likeness (QED) is 0.638. The highest BCUT2D eigenvalue weighted by molar-refractivity contribution is 5.89. The van der Waals surface area contributed by atoms with Crippen molar-refractivity contribution in [2.75, 3.05) is 65.3 Å². The minimum Gasteiger partial charge on any atom is -0.475 e. The monoisotopic (exact) mass is 516 g/mol. The van der Waals surface area contributed by atoms with Crippen LogP contribution in [0.5, 0.6) is 0 Å². The number of carbonyl (C=O) groups is 3. The van der Waals surface area contributed by atoms with Gasteiger partial charge in [-0.1, -0.05) is 19.1 Å². The van der Waals surface area contributed by atoms with Gasteiger partial charge in [-0.3, -0.25) is 9.69 Å². The number of aryl methyl sites for hydroxylation is 1. The first-order valence-electron chi connectivity index (χ1n) is 11.8. The maximum atomic E-state index is 12.7. The summed E-state index contributed by atoms with van der Waals surface area (Å²) < 4.78 is 37.6. The number of benzene rings is 1. The van der Waals surface area contributed by atoms with Gasteiger partial charge in [0.2, 0.25) is 5.91 Å². The maximum Gasteiger partial charge on any atom is 0.490 e. The van der Waals surface area contributed by atoms with Crippen molar-refractivity contribution in [1.29, 1.82) is 0 Å². The second kappa shape index (κ2) is 12.9. The molecule has 2 N–H and O–H groups in total. The summed E-state index contributed by atoms with van der Waals surface area (Å²) in [6.45, 7) is 6.93. The molecule has 9 nitrogen and oxygen atoms in total. The summed E-state index contributed by atoms with van der Waals surface area (Å²) in [6.07, 6.45) is -2.35. The summed E-state index contributed by atoms with van der Waals surface area (Å²) in [6, 6.07) is 7.97. The Kier molecular flexibility index (Phi) is 10.5. The Morgan fingerprint density at radius 2 is 1.81 bits per heavy atom. The number of nitrogens with zero attached hydrogens (tertiary/aromatic N) is 3. The predicted octanol–water partition coefficient (Wildman–Crippen LogP) is 2.92. The number of alkyl halides is 3. The lowest BCUT2D eigenvalue weighted by atomic mass is 9.78. The number of urea groups is 1. The molecule has 12 heteroatoms. The molecule has 2 fully saturated rings. The fraction of sp³-hybridized carbons (Fsp3) is 0.625. The minimum absolute atomic E-state index is 0.0159. The van der Waals surface area contributed by atoms with Gasteiger partial charge in [0.05, 0.1) is 19.8 Å². The Balaban J connectivity index is 0.000000572. The van der Waals surface area contributed by atoms with Crippen molar-refractivity contribution in [3.63, 3.8) is 0 Å². The molecule has 2 heterocycles. The van der Waals surface area contributed by atoms with Crippen LogP contribution in [0.3, 0.4) is 0 Å². The van der Waals surface area contributed by atoms with Crippen molar-refractivity contribution in [3.05, 3.63) is 29.8 Å². The van der Waals surface area contributed by atoms with Crippen LogP contribution in [-0.2, 0) is 20.7 Å². The minimum atomic E-state index is -5.08. The van der Waals surface area contributed by atoms with Crippen LogP contribution in [-0.4, -0.2) is 104 Å². The highest BCUT2D eigenvalue weighted by atomic mass is 19.4. The lowest BCUT2D eigenvalue weighted by Gasteiger charge is -2.42. The lowest BCUT2D eigenvalue weighted by Crippen LogP contribution is -2.50. The highest BCUT2D eigenvalue weighted by Crippen LogP contribution is 2.34. The van der Waals surface area contributed by atoms with E-state index >= 15 is 0 Å². The van der Waals surface area contributed by atoms with Gasteiger partial charge >= 0.3 is 18.2 Å². The molecule has 0 atom stereocenters. The highest BCUT2D eigenvalue weighted by Gasteiger charge is 2.40. The number of amides is 3. The number of carbonyl (C=O) groups excluding carboxylic acids is 2. The van der Waals surface area contributed by atoms with Gasteiger partial charge in [0.25, 0.3) is 0 Å². The summed E-state index contributed by atoms with van der Waals surface area (Å²) in [5.41, 5.74) is 2.08. The van der Waals surface area contributed by atoms with Crippen molar-refractivity contribution < 1.29 is 37.4 Å². The first-order valence-corrected chi connectivity index (χ1v) is 11.8. The number of nitrogens with one attached hydrogen (secondary N) is 1. The second-order valence-electron chi connectivity index (χ2n) is 9.33. The molecule has 0 bridgehead atoms. The smallest absolute Gasteiger partial charge is 0.475 e. The van der Waals surface area contributed by atoms with Crippen LogP contribution in [0.1, 0.15) is 25.3 Å². The van der Waals surface area contributed by atoms with Gasteiger partial charge in [-0.2, -0.15) is 13.2 Å². The van der Waals surface area contributed by atoms with E-state index in [2.05, 4.69) is 23.2 Å². The molecule has 2 aliphatic heterocycles. The molecule has 1 aromatic carbocycles. The van der Waals surface area contributed by atoms with Crippen molar-refractivity contribution >= 4 is 23.6 Å². The Morgan fingerprint density at radius 1 is 1.17 bits per heavy atom. The van der Waals surface area contributed by atoms with Crippen molar-refractivity contribution in [2.45, 2.75) is 32.4 Å². The zero-order valence-electron chi connectivity index (χ0n) is 20.9. The Labute approximate surface area is 209 Å². The summed E-state index contributed by atoms with van der Waals surface area (Å²) in [4.78, 5) is 39.5. The van der Waals surface area contributed by atoms with Crippen LogP contribution in [0.15, 0.2) is 24.3 Å². The first-order chi connectivity index (χ1) is 16.8. The number of piperidine rings is 1. The number of aliphatic carboxylic acids is 1. The third-order valence-corrected chi connectivity index (χ3v) is 6.32. The molecule has 0 radical (unpaired) electrons. The number of carboxylic acids is 1. The van der Waals surface area contributed by atoms with Crippen molar-refractivity contribution in [3.8, 4) is 0 Å². The van der Waals surface area contributed by atoms with E-state index in [-0.39, 0.29) is 17.4 Å². The summed E-state index contributed by atoms with van der Waals surface area (Å²) in [7, 11) is 3.58. The molecule has 2 aliphatic rings. The number of halogens is 3. The normalized spacial score (nSPS) is 18.0. The van der Waals surface area contributed by atoms with Crippen LogP contribution in [0.25, 0.3) is 0 Å². The number of likely N-dealkylation sites (N-methyl/N-ethyl adjacent to an activating group) is 1.